The molecule has 0 fully saturated rings. The van der Waals surface area contributed by atoms with Gasteiger partial charge in [0.25, 0.3) is 5.91 Å². The van der Waals surface area contributed by atoms with E-state index in [-0.39, 0.29) is 11.8 Å². The van der Waals surface area contributed by atoms with Gasteiger partial charge in [0.05, 0.1) is 0 Å². The van der Waals surface area contributed by atoms with E-state index in [1.165, 1.54) is 11.0 Å². The topological polar surface area (TPSA) is 49.4 Å². The van der Waals surface area contributed by atoms with Crippen LogP contribution in [0.2, 0.25) is 0 Å². The summed E-state index contributed by atoms with van der Waals surface area (Å²) in [6.07, 6.45) is 0. The summed E-state index contributed by atoms with van der Waals surface area (Å²) >= 11 is 0. The van der Waals surface area contributed by atoms with Gasteiger partial charge in [-0.25, -0.2) is 8.78 Å². The molecule has 0 radical (unpaired) electrons. The van der Waals surface area contributed by atoms with Crippen molar-refractivity contribution in [1.29, 1.82) is 0 Å². The lowest BCUT2D eigenvalue weighted by Gasteiger charge is -2.24. The molecule has 1 rings (SSSR count). The molecule has 110 valence electrons. The van der Waals surface area contributed by atoms with E-state index in [0.717, 1.165) is 12.1 Å². The molecule has 0 saturated carbocycles. The fraction of sp³-hybridized carbons (Fsp3) is 0.429. The molecule has 0 saturated heterocycles. The fourth-order valence-corrected chi connectivity index (χ4v) is 1.72. The van der Waals surface area contributed by atoms with Crippen molar-refractivity contribution in [2.45, 2.75) is 19.9 Å². The van der Waals surface area contributed by atoms with Gasteiger partial charge in [-0.1, -0.05) is 19.9 Å². The fourth-order valence-electron chi connectivity index (χ4n) is 1.72. The first-order valence-electron chi connectivity index (χ1n) is 6.21. The number of nitrogens with zero attached hydrogens (tertiary/aromatic N) is 1. The van der Waals surface area contributed by atoms with Gasteiger partial charge in [-0.15, -0.1) is 0 Å². The van der Waals surface area contributed by atoms with Gasteiger partial charge in [-0.05, 0) is 18.1 Å². The largest absolute Gasteiger partial charge is 0.347 e. The number of hydrogen-bond acceptors (Lipinski definition) is 2. The average molecular weight is 284 g/mol. The minimum atomic E-state index is -0.956. The van der Waals surface area contributed by atoms with Gasteiger partial charge in [0, 0.05) is 14.1 Å². The zero-order chi connectivity index (χ0) is 15.4. The zero-order valence-corrected chi connectivity index (χ0v) is 11.9. The highest BCUT2D eigenvalue weighted by molar-refractivity contribution is 5.98. The van der Waals surface area contributed by atoms with Gasteiger partial charge in [0.1, 0.15) is 23.2 Å². The first kappa shape index (κ1) is 16.1. The van der Waals surface area contributed by atoms with Crippen LogP contribution in [-0.2, 0) is 4.79 Å². The normalized spacial score (nSPS) is 12.2. The molecule has 0 heterocycles. The number of halogens is 2. The Labute approximate surface area is 116 Å². The molecule has 0 unspecified atom stereocenters. The van der Waals surface area contributed by atoms with E-state index in [1.807, 2.05) is 0 Å². The van der Waals surface area contributed by atoms with Crippen molar-refractivity contribution in [3.8, 4) is 0 Å². The highest BCUT2D eigenvalue weighted by atomic mass is 19.1. The summed E-state index contributed by atoms with van der Waals surface area (Å²) in [6, 6.07) is 2.33. The molecule has 20 heavy (non-hydrogen) atoms. The third kappa shape index (κ3) is 3.53. The Hall–Kier alpha value is -1.98. The summed E-state index contributed by atoms with van der Waals surface area (Å²) in [5, 5.41) is 2.39. The summed E-state index contributed by atoms with van der Waals surface area (Å²) in [4.78, 5) is 25.2. The second-order valence-corrected chi connectivity index (χ2v) is 5.02. The van der Waals surface area contributed by atoms with Crippen molar-refractivity contribution in [2.75, 3.05) is 14.1 Å². The van der Waals surface area contributed by atoms with Gasteiger partial charge in [0.15, 0.2) is 0 Å². The molecule has 1 atom stereocenters. The quantitative estimate of drug-likeness (QED) is 0.916. The SMILES string of the molecule is CC(C)[C@@H](NC(=O)c1c(F)cccc1F)C(=O)N(C)C. The Morgan fingerprint density at radius 2 is 1.65 bits per heavy atom. The number of carbonyl (C=O) groups is 2. The van der Waals surface area contributed by atoms with Gasteiger partial charge in [-0.3, -0.25) is 9.59 Å². The highest BCUT2D eigenvalue weighted by Crippen LogP contribution is 2.13. The molecular formula is C14H18F2N2O2. The monoisotopic (exact) mass is 284 g/mol. The second-order valence-electron chi connectivity index (χ2n) is 5.02. The maximum absolute atomic E-state index is 13.5. The Morgan fingerprint density at radius 1 is 1.15 bits per heavy atom. The highest BCUT2D eigenvalue weighted by Gasteiger charge is 2.28. The van der Waals surface area contributed by atoms with E-state index in [9.17, 15) is 18.4 Å². The maximum atomic E-state index is 13.5. The van der Waals surface area contributed by atoms with Crippen LogP contribution in [0.5, 0.6) is 0 Å². The van der Waals surface area contributed by atoms with Crippen LogP contribution in [0.15, 0.2) is 18.2 Å². The van der Waals surface area contributed by atoms with E-state index in [4.69, 9.17) is 0 Å². The van der Waals surface area contributed by atoms with Gasteiger partial charge < -0.3 is 10.2 Å². The molecule has 0 aromatic heterocycles. The number of amides is 2. The van der Waals surface area contributed by atoms with Crippen molar-refractivity contribution in [1.82, 2.24) is 10.2 Å². The van der Waals surface area contributed by atoms with Crippen LogP contribution in [0.1, 0.15) is 24.2 Å². The van der Waals surface area contributed by atoms with Crippen molar-refractivity contribution in [3.05, 3.63) is 35.4 Å². The third-order valence-corrected chi connectivity index (χ3v) is 2.85. The molecule has 2 amide bonds. The van der Waals surface area contributed by atoms with Crippen molar-refractivity contribution in [2.24, 2.45) is 5.92 Å². The minimum Gasteiger partial charge on any atom is -0.347 e. The van der Waals surface area contributed by atoms with E-state index in [2.05, 4.69) is 5.32 Å². The number of likely N-dealkylation sites (N-methyl/N-ethyl adjacent to an activating group) is 1. The molecule has 0 bridgehead atoms. The van der Waals surface area contributed by atoms with E-state index >= 15 is 0 Å². The molecule has 0 spiro atoms. The zero-order valence-electron chi connectivity index (χ0n) is 11.9. The van der Waals surface area contributed by atoms with Crippen LogP contribution in [0.25, 0.3) is 0 Å². The van der Waals surface area contributed by atoms with Crippen LogP contribution < -0.4 is 5.32 Å². The molecule has 0 aliphatic rings. The second kappa shape index (κ2) is 6.45. The Kier molecular flexibility index (Phi) is 5.19. The lowest BCUT2D eigenvalue weighted by atomic mass is 10.0. The van der Waals surface area contributed by atoms with Crippen LogP contribution >= 0.6 is 0 Å². The van der Waals surface area contributed by atoms with E-state index in [1.54, 1.807) is 27.9 Å². The van der Waals surface area contributed by atoms with E-state index < -0.39 is 29.1 Å². The predicted molar refractivity (Wildman–Crippen MR) is 71.1 cm³/mol. The third-order valence-electron chi connectivity index (χ3n) is 2.85. The Morgan fingerprint density at radius 3 is 2.05 bits per heavy atom. The molecule has 1 N–H and O–H groups in total. The van der Waals surface area contributed by atoms with Crippen LogP contribution in [0, 0.1) is 17.6 Å². The molecule has 6 heteroatoms. The van der Waals surface area contributed by atoms with Gasteiger partial charge >= 0.3 is 0 Å². The number of hydrogen-bond donors (Lipinski definition) is 1. The molecule has 0 aliphatic heterocycles. The molecule has 0 aliphatic carbocycles. The summed E-state index contributed by atoms with van der Waals surface area (Å²) in [6.45, 7) is 3.48. The number of carbonyl (C=O) groups excluding carboxylic acids is 2. The Bertz CT molecular complexity index is 496. The number of benzene rings is 1. The molecule has 1 aromatic rings. The summed E-state index contributed by atoms with van der Waals surface area (Å²) < 4.78 is 27.0. The molecule has 4 nitrogen and oxygen atoms in total. The van der Waals surface area contributed by atoms with Crippen molar-refractivity contribution >= 4 is 11.8 Å². The average Bonchev–Trinajstić information content (AvgIpc) is 2.34. The maximum Gasteiger partial charge on any atom is 0.257 e. The lowest BCUT2D eigenvalue weighted by Crippen LogP contribution is -2.49. The summed E-state index contributed by atoms with van der Waals surface area (Å²) in [7, 11) is 3.10. The Balaban J connectivity index is 3.01. The van der Waals surface area contributed by atoms with Crippen molar-refractivity contribution < 1.29 is 18.4 Å². The lowest BCUT2D eigenvalue weighted by molar-refractivity contribution is -0.131. The number of nitrogens with one attached hydrogen (secondary N) is 1. The summed E-state index contributed by atoms with van der Waals surface area (Å²) in [5.41, 5.74) is -0.676. The van der Waals surface area contributed by atoms with Gasteiger partial charge in [-0.2, -0.15) is 0 Å². The minimum absolute atomic E-state index is 0.205. The van der Waals surface area contributed by atoms with Crippen LogP contribution in [-0.4, -0.2) is 36.9 Å². The predicted octanol–water partition coefficient (Wildman–Crippen LogP) is 1.81. The first-order valence-corrected chi connectivity index (χ1v) is 6.21. The summed E-state index contributed by atoms with van der Waals surface area (Å²) in [5.74, 6) is -3.38. The van der Waals surface area contributed by atoms with Crippen LogP contribution in [0.4, 0.5) is 8.78 Å². The number of rotatable bonds is 4. The molecular weight excluding hydrogens is 266 g/mol. The van der Waals surface area contributed by atoms with Crippen LogP contribution in [0.3, 0.4) is 0 Å². The molecule has 1 aromatic carbocycles. The standard InChI is InChI=1S/C14H18F2N2O2/c1-8(2)12(14(20)18(3)4)17-13(19)11-9(15)6-5-7-10(11)16/h5-8,12H,1-4H3,(H,17,19)/t12-/m1/s1. The smallest absolute Gasteiger partial charge is 0.257 e. The van der Waals surface area contributed by atoms with E-state index in [0.29, 0.717) is 0 Å². The first-order chi connectivity index (χ1) is 9.25. The van der Waals surface area contributed by atoms with Crippen molar-refractivity contribution in [3.63, 3.8) is 0 Å². The van der Waals surface area contributed by atoms with Gasteiger partial charge in [0.2, 0.25) is 5.91 Å².